The van der Waals surface area contributed by atoms with E-state index in [0.717, 1.165) is 4.90 Å². The first kappa shape index (κ1) is 20.7. The van der Waals surface area contributed by atoms with E-state index >= 15 is 0 Å². The number of aromatic amines is 1. The molecule has 0 spiro atoms. The van der Waals surface area contributed by atoms with Crippen LogP contribution in [0, 0.1) is 19.8 Å². The largest absolute Gasteiger partial charge is 0.461 e. The van der Waals surface area contributed by atoms with Gasteiger partial charge in [-0.15, -0.1) is 0 Å². The Hall–Kier alpha value is -2.64. The normalized spacial score (nSPS) is 19.6. The van der Waals surface area contributed by atoms with Crippen LogP contribution in [-0.2, 0) is 9.53 Å². The van der Waals surface area contributed by atoms with Gasteiger partial charge in [-0.05, 0) is 45.6 Å². The van der Waals surface area contributed by atoms with Gasteiger partial charge in [0.15, 0.2) is 5.78 Å². The molecule has 0 unspecified atom stereocenters. The molecule has 1 aliphatic heterocycles. The highest BCUT2D eigenvalue weighted by atomic mass is 16.5. The zero-order valence-corrected chi connectivity index (χ0v) is 16.7. The summed E-state index contributed by atoms with van der Waals surface area (Å²) in [6.07, 6.45) is 0.484. The number of nitrogens with one attached hydrogen (secondary N) is 2. The lowest BCUT2D eigenvalue weighted by Gasteiger charge is -2.23. The molecule has 2 heterocycles. The number of hydrogen-bond donors (Lipinski definition) is 2. The Balaban J connectivity index is 2.24. The Labute approximate surface area is 158 Å². The van der Waals surface area contributed by atoms with Gasteiger partial charge in [0.2, 0.25) is 0 Å². The van der Waals surface area contributed by atoms with E-state index in [4.69, 9.17) is 4.74 Å². The zero-order valence-electron chi connectivity index (χ0n) is 16.7. The summed E-state index contributed by atoms with van der Waals surface area (Å²) in [5, 5.41) is 2.69. The third-order valence-corrected chi connectivity index (χ3v) is 4.66. The summed E-state index contributed by atoms with van der Waals surface area (Å²) in [5.41, 5.74) is 0.449. The summed E-state index contributed by atoms with van der Waals surface area (Å²) in [5.74, 6) is -1.16. The summed E-state index contributed by atoms with van der Waals surface area (Å²) in [7, 11) is 0. The average molecular weight is 377 g/mol. The maximum Gasteiger partial charge on any atom is 0.355 e. The lowest BCUT2D eigenvalue weighted by molar-refractivity contribution is -0.131. The molecule has 8 nitrogen and oxygen atoms in total. The molecule has 0 saturated carbocycles. The van der Waals surface area contributed by atoms with Crippen LogP contribution in [0.5, 0.6) is 0 Å². The Morgan fingerprint density at radius 2 is 1.85 bits per heavy atom. The Bertz CT molecular complexity index is 796. The van der Waals surface area contributed by atoms with E-state index in [1.54, 1.807) is 27.7 Å². The fourth-order valence-electron chi connectivity index (χ4n) is 3.64. The number of aryl methyl sites for hydroxylation is 1. The van der Waals surface area contributed by atoms with Gasteiger partial charge in [0, 0.05) is 11.3 Å². The van der Waals surface area contributed by atoms with Crippen molar-refractivity contribution in [2.45, 2.75) is 53.5 Å². The van der Waals surface area contributed by atoms with E-state index in [-0.39, 0.29) is 24.8 Å². The summed E-state index contributed by atoms with van der Waals surface area (Å²) < 4.78 is 4.98. The SMILES string of the molecule is CCOC(=O)c1[nH]c(C)c(C(=O)CN2C(=O)N[C@](C)(CC(C)C)C2=O)c1C. The van der Waals surface area contributed by atoms with Gasteiger partial charge in [0.25, 0.3) is 5.91 Å². The Morgan fingerprint density at radius 1 is 1.22 bits per heavy atom. The van der Waals surface area contributed by atoms with Gasteiger partial charge < -0.3 is 15.0 Å². The van der Waals surface area contributed by atoms with Crippen molar-refractivity contribution in [1.82, 2.24) is 15.2 Å². The number of amides is 3. The molecule has 27 heavy (non-hydrogen) atoms. The van der Waals surface area contributed by atoms with E-state index in [0.29, 0.717) is 23.2 Å². The third kappa shape index (κ3) is 3.89. The Morgan fingerprint density at radius 3 is 2.41 bits per heavy atom. The summed E-state index contributed by atoms with van der Waals surface area (Å²) in [6.45, 7) is 10.4. The number of imide groups is 1. The second-order valence-electron chi connectivity index (χ2n) is 7.52. The van der Waals surface area contributed by atoms with Crippen LogP contribution >= 0.6 is 0 Å². The number of Topliss-reactive ketones (excluding diaryl/α,β-unsaturated/α-hetero) is 1. The van der Waals surface area contributed by atoms with Gasteiger partial charge in [-0.2, -0.15) is 0 Å². The monoisotopic (exact) mass is 377 g/mol. The van der Waals surface area contributed by atoms with Crippen LogP contribution < -0.4 is 5.32 Å². The highest BCUT2D eigenvalue weighted by Crippen LogP contribution is 2.26. The fourth-order valence-corrected chi connectivity index (χ4v) is 3.64. The standard InChI is InChI=1S/C19H27N3O5/c1-7-27-16(24)15-11(4)14(12(5)20-15)13(23)9-22-17(25)19(6,8-10(2)3)21-18(22)26/h10,20H,7-9H2,1-6H3,(H,21,26)/t19-/m1/s1. The quantitative estimate of drug-likeness (QED) is 0.431. The van der Waals surface area contributed by atoms with Crippen molar-refractivity contribution in [3.05, 3.63) is 22.5 Å². The predicted molar refractivity (Wildman–Crippen MR) is 98.7 cm³/mol. The van der Waals surface area contributed by atoms with Crippen molar-refractivity contribution < 1.29 is 23.9 Å². The molecule has 0 radical (unpaired) electrons. The molecule has 8 heteroatoms. The summed E-state index contributed by atoms with van der Waals surface area (Å²) in [4.78, 5) is 53.6. The molecule has 148 valence electrons. The lowest BCUT2D eigenvalue weighted by atomic mass is 9.91. The topological polar surface area (TPSA) is 109 Å². The van der Waals surface area contributed by atoms with Crippen LogP contribution in [0.4, 0.5) is 4.79 Å². The van der Waals surface area contributed by atoms with Crippen LogP contribution in [0.1, 0.15) is 66.2 Å². The van der Waals surface area contributed by atoms with Gasteiger partial charge in [-0.25, -0.2) is 9.59 Å². The maximum atomic E-state index is 12.8. The minimum Gasteiger partial charge on any atom is -0.461 e. The van der Waals surface area contributed by atoms with Gasteiger partial charge in [0.05, 0.1) is 13.2 Å². The Kier molecular flexibility index (Phi) is 5.77. The van der Waals surface area contributed by atoms with Gasteiger partial charge in [0.1, 0.15) is 11.2 Å². The van der Waals surface area contributed by atoms with E-state index in [9.17, 15) is 19.2 Å². The average Bonchev–Trinajstić information content (AvgIpc) is 2.95. The number of rotatable bonds is 7. The number of ether oxygens (including phenoxy) is 1. The third-order valence-electron chi connectivity index (χ3n) is 4.66. The first-order valence-corrected chi connectivity index (χ1v) is 9.05. The van der Waals surface area contributed by atoms with Crippen LogP contribution in [-0.4, -0.2) is 52.3 Å². The smallest absolute Gasteiger partial charge is 0.355 e. The molecular weight excluding hydrogens is 350 g/mol. The van der Waals surface area contributed by atoms with Crippen LogP contribution in [0.2, 0.25) is 0 Å². The van der Waals surface area contributed by atoms with Crippen molar-refractivity contribution in [3.8, 4) is 0 Å². The number of esters is 1. The summed E-state index contributed by atoms with van der Waals surface area (Å²) >= 11 is 0. The van der Waals surface area contributed by atoms with Crippen LogP contribution in [0.3, 0.4) is 0 Å². The van der Waals surface area contributed by atoms with Crippen molar-refractivity contribution in [2.24, 2.45) is 5.92 Å². The van der Waals surface area contributed by atoms with Crippen LogP contribution in [0.15, 0.2) is 0 Å². The highest BCUT2D eigenvalue weighted by Gasteiger charge is 2.48. The molecule has 2 rings (SSSR count). The molecule has 1 saturated heterocycles. The molecule has 1 fully saturated rings. The minimum absolute atomic E-state index is 0.205. The van der Waals surface area contributed by atoms with Crippen molar-refractivity contribution in [1.29, 1.82) is 0 Å². The minimum atomic E-state index is -1.01. The van der Waals surface area contributed by atoms with E-state index < -0.39 is 29.2 Å². The summed E-state index contributed by atoms with van der Waals surface area (Å²) in [6, 6.07) is -0.576. The molecular formula is C19H27N3O5. The number of nitrogens with zero attached hydrogens (tertiary/aromatic N) is 1. The molecule has 1 aliphatic rings. The molecule has 1 aromatic rings. The van der Waals surface area contributed by atoms with Crippen molar-refractivity contribution in [2.75, 3.05) is 13.2 Å². The second-order valence-corrected chi connectivity index (χ2v) is 7.52. The molecule has 2 N–H and O–H groups in total. The van der Waals surface area contributed by atoms with Crippen molar-refractivity contribution >= 4 is 23.7 Å². The first-order chi connectivity index (χ1) is 12.5. The molecule has 1 aromatic heterocycles. The maximum absolute atomic E-state index is 12.8. The van der Waals surface area contributed by atoms with Gasteiger partial charge >= 0.3 is 12.0 Å². The number of H-pyrrole nitrogens is 1. The molecule has 3 amide bonds. The van der Waals surface area contributed by atoms with E-state index in [2.05, 4.69) is 10.3 Å². The number of carbonyl (C=O) groups excluding carboxylic acids is 4. The predicted octanol–water partition coefficient (Wildman–Crippen LogP) is 2.35. The first-order valence-electron chi connectivity index (χ1n) is 9.05. The zero-order chi connectivity index (χ0) is 20.5. The fraction of sp³-hybridized carbons (Fsp3) is 0.579. The molecule has 0 aliphatic carbocycles. The van der Waals surface area contributed by atoms with E-state index in [1.165, 1.54) is 0 Å². The number of urea groups is 1. The lowest BCUT2D eigenvalue weighted by Crippen LogP contribution is -2.45. The molecule has 1 atom stereocenters. The number of carbonyl (C=O) groups is 4. The van der Waals surface area contributed by atoms with E-state index in [1.807, 2.05) is 13.8 Å². The molecule has 0 bridgehead atoms. The number of aromatic nitrogens is 1. The van der Waals surface area contributed by atoms with Crippen molar-refractivity contribution in [3.63, 3.8) is 0 Å². The number of hydrogen-bond acceptors (Lipinski definition) is 5. The van der Waals surface area contributed by atoms with Gasteiger partial charge in [-0.1, -0.05) is 13.8 Å². The molecule has 0 aromatic carbocycles. The number of ketones is 1. The second kappa shape index (κ2) is 7.54. The van der Waals surface area contributed by atoms with Gasteiger partial charge in [-0.3, -0.25) is 14.5 Å². The van der Waals surface area contributed by atoms with Crippen LogP contribution in [0.25, 0.3) is 0 Å². The highest BCUT2D eigenvalue weighted by molar-refractivity contribution is 6.12.